The highest BCUT2D eigenvalue weighted by atomic mass is 35.5. The third-order valence-electron chi connectivity index (χ3n) is 4.52. The summed E-state index contributed by atoms with van der Waals surface area (Å²) in [7, 11) is 1.50. The van der Waals surface area contributed by atoms with E-state index >= 15 is 0 Å². The van der Waals surface area contributed by atoms with Crippen LogP contribution in [0.3, 0.4) is 0 Å². The lowest BCUT2D eigenvalue weighted by atomic mass is 9.99. The summed E-state index contributed by atoms with van der Waals surface area (Å²) in [6.45, 7) is 2.32. The third-order valence-corrected chi connectivity index (χ3v) is 4.77. The van der Waals surface area contributed by atoms with Gasteiger partial charge >= 0.3 is 0 Å². The van der Waals surface area contributed by atoms with Crippen LogP contribution in [0.2, 0.25) is 5.02 Å². The highest BCUT2D eigenvalue weighted by molar-refractivity contribution is 6.30. The first-order chi connectivity index (χ1) is 11.9. The van der Waals surface area contributed by atoms with E-state index in [1.54, 1.807) is 12.1 Å². The zero-order chi connectivity index (χ0) is 18.1. The predicted molar refractivity (Wildman–Crippen MR) is 94.1 cm³/mol. The highest BCUT2D eigenvalue weighted by Crippen LogP contribution is 2.36. The van der Waals surface area contributed by atoms with Crippen LogP contribution >= 0.6 is 11.6 Å². The highest BCUT2D eigenvalue weighted by Gasteiger charge is 2.41. The molecule has 1 aliphatic heterocycles. The molecule has 6 heteroatoms. The number of halogens is 2. The molecule has 0 saturated heterocycles. The zero-order valence-corrected chi connectivity index (χ0v) is 14.7. The predicted octanol–water partition coefficient (Wildman–Crippen LogP) is 3.53. The Morgan fingerprint density at radius 1 is 1.28 bits per heavy atom. The maximum Gasteiger partial charge on any atom is 0.255 e. The van der Waals surface area contributed by atoms with Crippen LogP contribution in [-0.4, -0.2) is 30.3 Å². The van der Waals surface area contributed by atoms with Gasteiger partial charge in [0.1, 0.15) is 11.9 Å². The van der Waals surface area contributed by atoms with E-state index < -0.39 is 11.9 Å². The van der Waals surface area contributed by atoms with Gasteiger partial charge in [0.25, 0.3) is 5.91 Å². The summed E-state index contributed by atoms with van der Waals surface area (Å²) in [4.78, 5) is 26.6. The Balaban J connectivity index is 1.93. The summed E-state index contributed by atoms with van der Waals surface area (Å²) in [6.07, 6.45) is 0. The van der Waals surface area contributed by atoms with Gasteiger partial charge in [0.15, 0.2) is 0 Å². The van der Waals surface area contributed by atoms with Gasteiger partial charge in [0, 0.05) is 24.2 Å². The van der Waals surface area contributed by atoms with E-state index in [2.05, 4.69) is 5.32 Å². The van der Waals surface area contributed by atoms with Gasteiger partial charge in [0.2, 0.25) is 5.91 Å². The molecule has 2 atom stereocenters. The Kier molecular flexibility index (Phi) is 4.77. The summed E-state index contributed by atoms with van der Waals surface area (Å²) in [5.41, 5.74) is 1.79. The minimum Gasteiger partial charge on any atom is -0.357 e. The minimum atomic E-state index is -0.821. The Labute approximate surface area is 150 Å². The van der Waals surface area contributed by atoms with Crippen molar-refractivity contribution in [2.75, 3.05) is 13.6 Å². The molecule has 4 nitrogen and oxygen atoms in total. The van der Waals surface area contributed by atoms with Crippen molar-refractivity contribution in [3.63, 3.8) is 0 Å². The minimum absolute atomic E-state index is 0.00691. The Morgan fingerprint density at radius 3 is 2.60 bits per heavy atom. The molecule has 0 radical (unpaired) electrons. The quantitative estimate of drug-likeness (QED) is 0.906. The molecule has 0 spiro atoms. The van der Waals surface area contributed by atoms with Crippen molar-refractivity contribution in [2.45, 2.75) is 18.9 Å². The molecule has 1 N–H and O–H groups in total. The van der Waals surface area contributed by atoms with Crippen molar-refractivity contribution in [1.29, 1.82) is 0 Å². The fourth-order valence-electron chi connectivity index (χ4n) is 3.19. The molecular weight excluding hydrogens is 343 g/mol. The molecule has 0 aliphatic carbocycles. The molecule has 0 saturated carbocycles. The summed E-state index contributed by atoms with van der Waals surface area (Å²) < 4.78 is 13.6. The lowest BCUT2D eigenvalue weighted by Gasteiger charge is -2.27. The monoisotopic (exact) mass is 360 g/mol. The van der Waals surface area contributed by atoms with E-state index in [-0.39, 0.29) is 17.7 Å². The molecule has 3 rings (SSSR count). The van der Waals surface area contributed by atoms with Gasteiger partial charge in [-0.3, -0.25) is 9.59 Å². The SMILES string of the molecule is CNC(=O)C1c2cc(F)ccc2C(=O)N1CC(C)c1ccc(Cl)cc1. The molecule has 0 aromatic heterocycles. The van der Waals surface area contributed by atoms with Crippen LogP contribution < -0.4 is 5.32 Å². The van der Waals surface area contributed by atoms with Gasteiger partial charge in [-0.05, 0) is 47.4 Å². The molecule has 0 fully saturated rings. The first-order valence-electron chi connectivity index (χ1n) is 8.00. The molecular formula is C19H18ClFN2O2. The fourth-order valence-corrected chi connectivity index (χ4v) is 3.32. The first-order valence-corrected chi connectivity index (χ1v) is 8.37. The standard InChI is InChI=1S/C19H18ClFN2O2/c1-11(12-3-5-13(20)6-4-12)10-23-17(18(24)22-2)16-9-14(21)7-8-15(16)19(23)25/h3-9,11,17H,10H2,1-2H3,(H,22,24). The van der Waals surface area contributed by atoms with E-state index in [1.807, 2.05) is 19.1 Å². The Bertz CT molecular complexity index is 823. The molecule has 0 bridgehead atoms. The molecule has 25 heavy (non-hydrogen) atoms. The van der Waals surface area contributed by atoms with Crippen molar-refractivity contribution >= 4 is 23.4 Å². The summed E-state index contributed by atoms with van der Waals surface area (Å²) in [6, 6.07) is 10.5. The van der Waals surface area contributed by atoms with Crippen LogP contribution in [0.1, 0.15) is 40.4 Å². The number of rotatable bonds is 4. The summed E-state index contributed by atoms with van der Waals surface area (Å²) in [5.74, 6) is -1.06. The molecule has 2 aromatic carbocycles. The average molecular weight is 361 g/mol. The zero-order valence-electron chi connectivity index (χ0n) is 13.9. The molecule has 2 aromatic rings. The van der Waals surface area contributed by atoms with E-state index in [9.17, 15) is 14.0 Å². The number of fused-ring (bicyclic) bond motifs is 1. The number of nitrogens with one attached hydrogen (secondary N) is 1. The van der Waals surface area contributed by atoms with Crippen molar-refractivity contribution in [3.05, 3.63) is 70.0 Å². The number of likely N-dealkylation sites (N-methyl/N-ethyl adjacent to an activating group) is 1. The van der Waals surface area contributed by atoms with Crippen LogP contribution in [0.4, 0.5) is 4.39 Å². The van der Waals surface area contributed by atoms with Crippen molar-refractivity contribution < 1.29 is 14.0 Å². The lowest BCUT2D eigenvalue weighted by molar-refractivity contribution is -0.125. The number of hydrogen-bond acceptors (Lipinski definition) is 2. The molecule has 1 heterocycles. The van der Waals surface area contributed by atoms with Gasteiger partial charge in [-0.2, -0.15) is 0 Å². The van der Waals surface area contributed by atoms with E-state index in [1.165, 1.54) is 30.1 Å². The third kappa shape index (κ3) is 3.24. The lowest BCUT2D eigenvalue weighted by Crippen LogP contribution is -2.39. The van der Waals surface area contributed by atoms with Crippen molar-refractivity contribution in [3.8, 4) is 0 Å². The average Bonchev–Trinajstić information content (AvgIpc) is 2.86. The molecule has 2 unspecified atom stereocenters. The molecule has 130 valence electrons. The molecule has 2 amide bonds. The van der Waals surface area contributed by atoms with Crippen LogP contribution in [0.5, 0.6) is 0 Å². The van der Waals surface area contributed by atoms with Gasteiger partial charge in [-0.1, -0.05) is 30.7 Å². The maximum atomic E-state index is 13.6. The summed E-state index contributed by atoms with van der Waals surface area (Å²) >= 11 is 5.92. The second kappa shape index (κ2) is 6.84. The smallest absolute Gasteiger partial charge is 0.255 e. The number of carbonyl (C=O) groups is 2. The van der Waals surface area contributed by atoms with Gasteiger partial charge < -0.3 is 10.2 Å². The van der Waals surface area contributed by atoms with Crippen LogP contribution in [0.15, 0.2) is 42.5 Å². The normalized spacial score (nSPS) is 17.4. The number of nitrogens with zero attached hydrogens (tertiary/aromatic N) is 1. The second-order valence-corrected chi connectivity index (χ2v) is 6.59. The fraction of sp³-hybridized carbons (Fsp3) is 0.263. The van der Waals surface area contributed by atoms with E-state index in [0.29, 0.717) is 22.7 Å². The Morgan fingerprint density at radius 2 is 1.96 bits per heavy atom. The number of amides is 2. The maximum absolute atomic E-state index is 13.6. The Hall–Kier alpha value is -2.40. The number of carbonyl (C=O) groups excluding carboxylic acids is 2. The second-order valence-electron chi connectivity index (χ2n) is 6.16. The number of hydrogen-bond donors (Lipinski definition) is 1. The van der Waals surface area contributed by atoms with Crippen LogP contribution in [0, 0.1) is 5.82 Å². The largest absolute Gasteiger partial charge is 0.357 e. The van der Waals surface area contributed by atoms with E-state index in [0.717, 1.165) is 5.56 Å². The van der Waals surface area contributed by atoms with Gasteiger partial charge in [-0.15, -0.1) is 0 Å². The van der Waals surface area contributed by atoms with Gasteiger partial charge in [-0.25, -0.2) is 4.39 Å². The van der Waals surface area contributed by atoms with E-state index in [4.69, 9.17) is 11.6 Å². The first kappa shape index (κ1) is 17.4. The van der Waals surface area contributed by atoms with Crippen LogP contribution in [-0.2, 0) is 4.79 Å². The summed E-state index contributed by atoms with van der Waals surface area (Å²) in [5, 5.41) is 3.20. The molecule has 1 aliphatic rings. The van der Waals surface area contributed by atoms with Crippen molar-refractivity contribution in [2.24, 2.45) is 0 Å². The topological polar surface area (TPSA) is 49.4 Å². The van der Waals surface area contributed by atoms with Crippen LogP contribution in [0.25, 0.3) is 0 Å². The van der Waals surface area contributed by atoms with Gasteiger partial charge in [0.05, 0.1) is 0 Å². The number of benzene rings is 2. The van der Waals surface area contributed by atoms with Crippen molar-refractivity contribution in [1.82, 2.24) is 10.2 Å².